The van der Waals surface area contributed by atoms with Gasteiger partial charge in [0.15, 0.2) is 0 Å². The number of hydrogen-bond donors (Lipinski definition) is 2. The number of halogens is 2. The Hall–Kier alpha value is -3.42. The molecule has 0 fully saturated rings. The van der Waals surface area contributed by atoms with Crippen molar-refractivity contribution in [2.24, 2.45) is 0 Å². The lowest BCUT2D eigenvalue weighted by molar-refractivity contribution is -0.131. The number of alkyl halides is 2. The molecule has 0 unspecified atom stereocenters. The molecule has 3 rings (SSSR count). The van der Waals surface area contributed by atoms with E-state index in [2.05, 4.69) is 41.0 Å². The number of ether oxygens (including phenoxy) is 1. The minimum Gasteiger partial charge on any atom is -0.435 e. The van der Waals surface area contributed by atoms with E-state index in [4.69, 9.17) is 0 Å². The molecule has 0 aliphatic carbocycles. The molecule has 2 N–H and O–H groups in total. The van der Waals surface area contributed by atoms with Gasteiger partial charge >= 0.3 is 6.61 Å². The van der Waals surface area contributed by atoms with Gasteiger partial charge in [0.2, 0.25) is 12.3 Å². The number of rotatable bonds is 11. The van der Waals surface area contributed by atoms with Gasteiger partial charge in [-0.05, 0) is 52.8 Å². The topological polar surface area (TPSA) is 74.4 Å². The quantitative estimate of drug-likeness (QED) is 0.344. The number of aromatic amines is 1. The van der Waals surface area contributed by atoms with Gasteiger partial charge in [-0.2, -0.15) is 8.78 Å². The van der Waals surface area contributed by atoms with Crippen LogP contribution in [0.1, 0.15) is 36.6 Å². The first kappa shape index (κ1) is 23.2. The van der Waals surface area contributed by atoms with Crippen LogP contribution >= 0.6 is 0 Å². The Bertz CT molecular complexity index is 1070. The van der Waals surface area contributed by atoms with E-state index >= 15 is 0 Å². The van der Waals surface area contributed by atoms with Crippen LogP contribution in [0.3, 0.4) is 0 Å². The molecule has 0 atom stereocenters. The van der Waals surface area contributed by atoms with E-state index in [0.717, 1.165) is 16.6 Å². The van der Waals surface area contributed by atoms with Crippen LogP contribution in [0, 0.1) is 0 Å². The molecule has 8 heteroatoms. The molecule has 0 saturated heterocycles. The van der Waals surface area contributed by atoms with Crippen molar-refractivity contribution in [3.8, 4) is 5.75 Å². The van der Waals surface area contributed by atoms with Gasteiger partial charge in [0.25, 0.3) is 0 Å². The SMILES string of the molecule is CC(C)c1ccc2[nH]c(CC(=O)N(CCNC=O)Cc3cccc(OC(F)F)c3)cc2c1. The highest BCUT2D eigenvalue weighted by molar-refractivity contribution is 5.84. The van der Waals surface area contributed by atoms with Gasteiger partial charge in [-0.1, -0.05) is 32.0 Å². The van der Waals surface area contributed by atoms with Crippen LogP contribution in [-0.4, -0.2) is 41.9 Å². The molecule has 0 bridgehead atoms. The molecule has 170 valence electrons. The number of hydrogen-bond acceptors (Lipinski definition) is 3. The van der Waals surface area contributed by atoms with Gasteiger partial charge in [-0.15, -0.1) is 0 Å². The summed E-state index contributed by atoms with van der Waals surface area (Å²) in [6, 6.07) is 14.4. The average molecular weight is 443 g/mol. The Kier molecular flexibility index (Phi) is 7.81. The minimum atomic E-state index is -2.92. The maximum atomic E-state index is 13.1. The Morgan fingerprint density at radius 2 is 2.00 bits per heavy atom. The van der Waals surface area contributed by atoms with E-state index in [9.17, 15) is 18.4 Å². The molecule has 3 aromatic rings. The second kappa shape index (κ2) is 10.7. The number of carbonyl (C=O) groups excluding carboxylic acids is 2. The zero-order chi connectivity index (χ0) is 23.1. The maximum absolute atomic E-state index is 13.1. The molecule has 1 heterocycles. The second-order valence-electron chi connectivity index (χ2n) is 7.89. The summed E-state index contributed by atoms with van der Waals surface area (Å²) in [6.07, 6.45) is 0.726. The monoisotopic (exact) mass is 443 g/mol. The lowest BCUT2D eigenvalue weighted by Crippen LogP contribution is -2.37. The van der Waals surface area contributed by atoms with Crippen LogP contribution in [0.25, 0.3) is 10.9 Å². The molecule has 2 amide bonds. The van der Waals surface area contributed by atoms with Crippen molar-refractivity contribution in [2.45, 2.75) is 39.3 Å². The summed E-state index contributed by atoms with van der Waals surface area (Å²) in [5.74, 6) is 0.297. The van der Waals surface area contributed by atoms with E-state index in [1.54, 1.807) is 17.0 Å². The molecule has 0 saturated carbocycles. The van der Waals surface area contributed by atoms with Crippen molar-refractivity contribution in [1.82, 2.24) is 15.2 Å². The zero-order valence-electron chi connectivity index (χ0n) is 18.1. The van der Waals surface area contributed by atoms with Crippen LogP contribution in [0.15, 0.2) is 48.5 Å². The highest BCUT2D eigenvalue weighted by Crippen LogP contribution is 2.23. The Morgan fingerprint density at radius 3 is 2.72 bits per heavy atom. The summed E-state index contributed by atoms with van der Waals surface area (Å²) in [4.78, 5) is 28.6. The predicted molar refractivity (Wildman–Crippen MR) is 119 cm³/mol. The third-order valence-electron chi connectivity index (χ3n) is 5.17. The summed E-state index contributed by atoms with van der Waals surface area (Å²) in [5.41, 5.74) is 3.62. The lowest BCUT2D eigenvalue weighted by atomic mass is 10.0. The molecular weight excluding hydrogens is 416 g/mol. The van der Waals surface area contributed by atoms with Crippen LogP contribution in [0.5, 0.6) is 5.75 Å². The molecule has 0 spiro atoms. The molecule has 32 heavy (non-hydrogen) atoms. The lowest BCUT2D eigenvalue weighted by Gasteiger charge is -2.23. The third-order valence-corrected chi connectivity index (χ3v) is 5.17. The molecule has 0 aliphatic rings. The number of aromatic nitrogens is 1. The van der Waals surface area contributed by atoms with Crippen LogP contribution in [0.2, 0.25) is 0 Å². The van der Waals surface area contributed by atoms with Crippen LogP contribution in [0.4, 0.5) is 8.78 Å². The molecular formula is C24H27F2N3O3. The van der Waals surface area contributed by atoms with Crippen LogP contribution < -0.4 is 10.1 Å². The number of benzene rings is 2. The first-order valence-corrected chi connectivity index (χ1v) is 10.5. The first-order valence-electron chi connectivity index (χ1n) is 10.5. The largest absolute Gasteiger partial charge is 0.435 e. The number of nitrogens with zero attached hydrogens (tertiary/aromatic N) is 1. The van der Waals surface area contributed by atoms with Gasteiger partial charge in [-0.3, -0.25) is 9.59 Å². The van der Waals surface area contributed by atoms with Crippen molar-refractivity contribution in [3.63, 3.8) is 0 Å². The number of amides is 2. The Morgan fingerprint density at radius 1 is 1.19 bits per heavy atom. The molecule has 0 aliphatic heterocycles. The van der Waals surface area contributed by atoms with Crippen molar-refractivity contribution in [2.75, 3.05) is 13.1 Å². The van der Waals surface area contributed by atoms with Crippen molar-refractivity contribution < 1.29 is 23.1 Å². The average Bonchev–Trinajstić information content (AvgIpc) is 3.14. The van der Waals surface area contributed by atoms with E-state index in [0.29, 0.717) is 17.9 Å². The number of nitrogens with one attached hydrogen (secondary N) is 2. The normalized spacial score (nSPS) is 11.2. The fraction of sp³-hybridized carbons (Fsp3) is 0.333. The maximum Gasteiger partial charge on any atom is 0.387 e. The fourth-order valence-corrected chi connectivity index (χ4v) is 3.53. The fourth-order valence-electron chi connectivity index (χ4n) is 3.53. The first-order chi connectivity index (χ1) is 15.4. The third kappa shape index (κ3) is 6.29. The summed E-state index contributed by atoms with van der Waals surface area (Å²) >= 11 is 0. The van der Waals surface area contributed by atoms with Gasteiger partial charge in [0.1, 0.15) is 5.75 Å². The van der Waals surface area contributed by atoms with Crippen molar-refractivity contribution in [3.05, 3.63) is 65.4 Å². The zero-order valence-corrected chi connectivity index (χ0v) is 18.1. The highest BCUT2D eigenvalue weighted by Gasteiger charge is 2.17. The van der Waals surface area contributed by atoms with Gasteiger partial charge in [0, 0.05) is 30.8 Å². The smallest absolute Gasteiger partial charge is 0.387 e. The van der Waals surface area contributed by atoms with E-state index in [1.165, 1.54) is 17.7 Å². The number of carbonyl (C=O) groups is 2. The Balaban J connectivity index is 1.75. The minimum absolute atomic E-state index is 0.0347. The second-order valence-corrected chi connectivity index (χ2v) is 7.89. The summed E-state index contributed by atoms with van der Waals surface area (Å²) < 4.78 is 29.5. The van der Waals surface area contributed by atoms with Crippen molar-refractivity contribution >= 4 is 23.2 Å². The van der Waals surface area contributed by atoms with Gasteiger partial charge in [-0.25, -0.2) is 0 Å². The van der Waals surface area contributed by atoms with E-state index in [1.807, 2.05) is 12.1 Å². The van der Waals surface area contributed by atoms with Crippen molar-refractivity contribution in [1.29, 1.82) is 0 Å². The van der Waals surface area contributed by atoms with E-state index in [-0.39, 0.29) is 37.7 Å². The van der Waals surface area contributed by atoms with E-state index < -0.39 is 6.61 Å². The molecule has 1 aromatic heterocycles. The number of H-pyrrole nitrogens is 1. The molecule has 6 nitrogen and oxygen atoms in total. The summed E-state index contributed by atoms with van der Waals surface area (Å²) in [6.45, 7) is 2.12. The Labute approximate surface area is 185 Å². The summed E-state index contributed by atoms with van der Waals surface area (Å²) in [7, 11) is 0. The standard InChI is InChI=1S/C24H27F2N3O3/c1-16(2)18-6-7-22-19(11-18)12-20(28-22)13-23(31)29(9-8-27-15-30)14-17-4-3-5-21(10-17)32-24(25)26/h3-7,10-12,15-16,24,28H,8-9,13-14H2,1-2H3,(H,27,30). The molecule has 2 aromatic carbocycles. The predicted octanol–water partition coefficient (Wildman–Crippen LogP) is 4.21. The molecule has 0 radical (unpaired) electrons. The summed E-state index contributed by atoms with van der Waals surface area (Å²) in [5, 5.41) is 3.60. The van der Waals surface area contributed by atoms with Crippen LogP contribution in [-0.2, 0) is 22.6 Å². The van der Waals surface area contributed by atoms with Gasteiger partial charge < -0.3 is 19.9 Å². The van der Waals surface area contributed by atoms with Gasteiger partial charge in [0.05, 0.1) is 6.42 Å². The number of fused-ring (bicyclic) bond motifs is 1. The highest BCUT2D eigenvalue weighted by atomic mass is 19.3.